The molecule has 8 aromatic heterocycles. The SMILES string of the molecule is c1ccc2c(c1)c1ccccc1n2-c1cc(-n2c3ccccc3c3c4c5ccccc5n(-c5nc(-n6c7ccccc7c7ccccc76)nc(-n6c7ccccc7c7ccccc76)n5)c4ccc32)nc(-n2c3ccccc3c3ccccc32)n1. The van der Waals surface area contributed by atoms with Crippen molar-refractivity contribution in [3.05, 3.63) is 261 Å². The number of hydrogen-bond donors (Lipinski definition) is 0. The first-order valence-electron chi connectivity index (χ1n) is 28.3. The van der Waals surface area contributed by atoms with Crippen LogP contribution in [0.3, 0.4) is 0 Å². The Hall–Kier alpha value is -11.7. The predicted octanol–water partition coefficient (Wildman–Crippen LogP) is 17.2. The van der Waals surface area contributed by atoms with Crippen molar-refractivity contribution in [2.45, 2.75) is 0 Å². The average molecular weight is 1070 g/mol. The smallest absolute Gasteiger partial charge is 0.241 e. The molecule has 19 aromatic rings. The van der Waals surface area contributed by atoms with Crippen LogP contribution < -0.4 is 0 Å². The Morgan fingerprint density at radius 3 is 0.655 bits per heavy atom. The normalized spacial score (nSPS) is 12.3. The summed E-state index contributed by atoms with van der Waals surface area (Å²) in [5.74, 6) is 3.58. The first-order valence-corrected chi connectivity index (χ1v) is 28.3. The van der Waals surface area contributed by atoms with Crippen LogP contribution in [0.4, 0.5) is 0 Å². The van der Waals surface area contributed by atoms with Gasteiger partial charge in [0.2, 0.25) is 23.8 Å². The first kappa shape index (κ1) is 45.1. The molecule has 84 heavy (non-hydrogen) atoms. The van der Waals surface area contributed by atoms with E-state index in [0.29, 0.717) is 23.8 Å². The maximum Gasteiger partial charge on any atom is 0.241 e. The third kappa shape index (κ3) is 6.10. The maximum absolute atomic E-state index is 5.70. The second-order valence-corrected chi connectivity index (χ2v) is 21.7. The van der Waals surface area contributed by atoms with E-state index in [1.54, 1.807) is 0 Å². The standard InChI is InChI=1S/C73H43N11/c1-11-31-54-44(21-1)45-22-2-12-32-55(45)79(54)66-43-67(75-70(74-66)81-56-33-13-3-23-46(56)47-24-4-14-34-57(47)81)80-62-39-19-9-29-52(62)68-64(80)41-42-65-69(68)53-30-10-20-40-63(53)84(65)73-77-71(82-58-35-15-5-25-48(58)49-26-6-16-36-59(49)82)76-72(78-73)83-60-37-17-7-27-50(60)51-28-8-18-38-61(51)83/h1-43H. The van der Waals surface area contributed by atoms with Crippen molar-refractivity contribution < 1.29 is 0 Å². The van der Waals surface area contributed by atoms with E-state index in [1.807, 2.05) is 0 Å². The third-order valence-corrected chi connectivity index (χ3v) is 17.3. The largest absolute Gasteiger partial charge is 0.294 e. The van der Waals surface area contributed by atoms with Gasteiger partial charge in [0, 0.05) is 70.7 Å². The fourth-order valence-electron chi connectivity index (χ4n) is 13.9. The Kier molecular flexibility index (Phi) is 9.09. The number of para-hydroxylation sites is 10. The molecule has 0 fully saturated rings. The highest BCUT2D eigenvalue weighted by molar-refractivity contribution is 6.29. The fraction of sp³-hybridized carbons (Fsp3) is 0. The molecule has 0 amide bonds. The summed E-state index contributed by atoms with van der Waals surface area (Å²) >= 11 is 0. The molecule has 11 heteroatoms. The summed E-state index contributed by atoms with van der Waals surface area (Å²) in [6.07, 6.45) is 0. The van der Waals surface area contributed by atoms with Gasteiger partial charge < -0.3 is 0 Å². The lowest BCUT2D eigenvalue weighted by molar-refractivity contribution is 0.848. The fourth-order valence-corrected chi connectivity index (χ4v) is 13.9. The summed E-state index contributed by atoms with van der Waals surface area (Å²) in [6.45, 7) is 0. The van der Waals surface area contributed by atoms with E-state index in [4.69, 9.17) is 24.9 Å². The number of aromatic nitrogens is 11. The summed E-state index contributed by atoms with van der Waals surface area (Å²) in [5.41, 5.74) is 12.2. The molecule has 0 N–H and O–H groups in total. The minimum atomic E-state index is 0.496. The van der Waals surface area contributed by atoms with E-state index in [-0.39, 0.29) is 0 Å². The number of benzene rings is 11. The molecule has 390 valence electrons. The molecule has 8 heterocycles. The molecular formula is C73H43N11. The van der Waals surface area contributed by atoms with Crippen molar-refractivity contribution in [3.63, 3.8) is 0 Å². The van der Waals surface area contributed by atoms with Gasteiger partial charge in [0.15, 0.2) is 0 Å². The molecule has 0 spiro atoms. The van der Waals surface area contributed by atoms with Gasteiger partial charge in [0.1, 0.15) is 11.6 Å². The molecule has 11 nitrogen and oxygen atoms in total. The maximum atomic E-state index is 5.70. The number of rotatable bonds is 6. The molecule has 0 aliphatic carbocycles. The van der Waals surface area contributed by atoms with Crippen LogP contribution in [0.5, 0.6) is 0 Å². The van der Waals surface area contributed by atoms with E-state index in [9.17, 15) is 0 Å². The van der Waals surface area contributed by atoms with Crippen LogP contribution in [0.1, 0.15) is 0 Å². The highest BCUT2D eigenvalue weighted by Crippen LogP contribution is 2.44. The molecule has 0 saturated heterocycles. The van der Waals surface area contributed by atoms with Gasteiger partial charge in [-0.1, -0.05) is 182 Å². The van der Waals surface area contributed by atoms with E-state index < -0.39 is 0 Å². The minimum Gasteiger partial charge on any atom is -0.294 e. The highest BCUT2D eigenvalue weighted by Gasteiger charge is 2.27. The van der Waals surface area contributed by atoms with Crippen molar-refractivity contribution in [3.8, 4) is 35.4 Å². The number of hydrogen-bond acceptors (Lipinski definition) is 5. The number of fused-ring (bicyclic) bond motifs is 19. The van der Waals surface area contributed by atoms with Crippen molar-refractivity contribution in [2.75, 3.05) is 0 Å². The summed E-state index contributed by atoms with van der Waals surface area (Å²) in [4.78, 5) is 28.0. The van der Waals surface area contributed by atoms with Gasteiger partial charge in [0.25, 0.3) is 0 Å². The molecule has 19 rings (SSSR count). The summed E-state index contributed by atoms with van der Waals surface area (Å²) in [6, 6.07) is 92.4. The lowest BCUT2D eigenvalue weighted by Crippen LogP contribution is -2.13. The predicted molar refractivity (Wildman–Crippen MR) is 341 cm³/mol. The van der Waals surface area contributed by atoms with Crippen LogP contribution in [0.25, 0.3) is 166 Å². The van der Waals surface area contributed by atoms with Crippen molar-refractivity contribution in [1.82, 2.24) is 52.3 Å². The second-order valence-electron chi connectivity index (χ2n) is 21.7. The second kappa shape index (κ2) is 16.9. The molecule has 0 saturated carbocycles. The third-order valence-electron chi connectivity index (χ3n) is 17.3. The van der Waals surface area contributed by atoms with E-state index in [0.717, 1.165) is 142 Å². The number of nitrogens with zero attached hydrogens (tertiary/aromatic N) is 11. The Balaban J connectivity index is 0.916. The van der Waals surface area contributed by atoms with Gasteiger partial charge >= 0.3 is 0 Å². The van der Waals surface area contributed by atoms with Gasteiger partial charge in [-0.05, 0) is 72.8 Å². The van der Waals surface area contributed by atoms with Crippen molar-refractivity contribution in [2.24, 2.45) is 0 Å². The zero-order chi connectivity index (χ0) is 54.7. The van der Waals surface area contributed by atoms with Gasteiger partial charge in [-0.2, -0.15) is 24.9 Å². The van der Waals surface area contributed by atoms with Crippen LogP contribution in [0.15, 0.2) is 261 Å². The molecule has 0 atom stereocenters. The zero-order valence-electron chi connectivity index (χ0n) is 44.7. The van der Waals surface area contributed by atoms with Crippen LogP contribution in [-0.4, -0.2) is 52.3 Å². The van der Waals surface area contributed by atoms with Gasteiger partial charge in [-0.25, -0.2) is 0 Å². The molecule has 0 bridgehead atoms. The summed E-state index contributed by atoms with van der Waals surface area (Å²) in [5, 5.41) is 13.4. The van der Waals surface area contributed by atoms with Gasteiger partial charge in [-0.3, -0.25) is 27.4 Å². The molecule has 0 aliphatic heterocycles. The Morgan fingerprint density at radius 1 is 0.167 bits per heavy atom. The minimum absolute atomic E-state index is 0.496. The zero-order valence-corrected chi connectivity index (χ0v) is 44.7. The van der Waals surface area contributed by atoms with Crippen molar-refractivity contribution >= 4 is 131 Å². The lowest BCUT2D eigenvalue weighted by atomic mass is 10.1. The van der Waals surface area contributed by atoms with Crippen LogP contribution >= 0.6 is 0 Å². The first-order chi connectivity index (χ1) is 41.7. The molecule has 11 aromatic carbocycles. The molecule has 0 aliphatic rings. The molecular weight excluding hydrogens is 1030 g/mol. The summed E-state index contributed by atoms with van der Waals surface area (Å²) in [7, 11) is 0. The highest BCUT2D eigenvalue weighted by atomic mass is 15.3. The molecule has 0 unspecified atom stereocenters. The van der Waals surface area contributed by atoms with Crippen LogP contribution in [-0.2, 0) is 0 Å². The molecule has 0 radical (unpaired) electrons. The van der Waals surface area contributed by atoms with Crippen LogP contribution in [0, 0.1) is 0 Å². The Bertz CT molecular complexity index is 5180. The Morgan fingerprint density at radius 2 is 0.357 bits per heavy atom. The monoisotopic (exact) mass is 1070 g/mol. The van der Waals surface area contributed by atoms with Crippen LogP contribution in [0.2, 0.25) is 0 Å². The quantitative estimate of drug-likeness (QED) is 0.165. The van der Waals surface area contributed by atoms with E-state index in [2.05, 4.69) is 288 Å². The summed E-state index contributed by atoms with van der Waals surface area (Å²) < 4.78 is 13.5. The van der Waals surface area contributed by atoms with E-state index in [1.165, 1.54) is 0 Å². The van der Waals surface area contributed by atoms with E-state index >= 15 is 0 Å². The average Bonchev–Trinajstić information content (AvgIpc) is 1.92. The van der Waals surface area contributed by atoms with Gasteiger partial charge in [0.05, 0.1) is 66.2 Å². The lowest BCUT2D eigenvalue weighted by Gasteiger charge is -2.15. The Labute approximate surface area is 477 Å². The topological polar surface area (TPSA) is 94.0 Å². The van der Waals surface area contributed by atoms with Crippen molar-refractivity contribution in [1.29, 1.82) is 0 Å². The van der Waals surface area contributed by atoms with Gasteiger partial charge in [-0.15, -0.1) is 0 Å².